The third-order valence-corrected chi connectivity index (χ3v) is 5.57. The van der Waals surface area contributed by atoms with E-state index in [4.69, 9.17) is 9.26 Å². The van der Waals surface area contributed by atoms with E-state index in [1.807, 2.05) is 67.6 Å². The van der Waals surface area contributed by atoms with Crippen LogP contribution >= 0.6 is 0 Å². The van der Waals surface area contributed by atoms with E-state index in [2.05, 4.69) is 10.5 Å². The van der Waals surface area contributed by atoms with E-state index in [9.17, 15) is 4.79 Å². The first-order valence-electron chi connectivity index (χ1n) is 10.8. The molecule has 31 heavy (non-hydrogen) atoms. The molecule has 3 aromatic rings. The molecular weight excluding hydrogens is 392 g/mol. The second-order valence-electron chi connectivity index (χ2n) is 8.13. The summed E-state index contributed by atoms with van der Waals surface area (Å²) in [7, 11) is 0. The fourth-order valence-electron chi connectivity index (χ4n) is 3.88. The van der Waals surface area contributed by atoms with Crippen LogP contribution in [0.3, 0.4) is 0 Å². The third-order valence-electron chi connectivity index (χ3n) is 5.57. The highest BCUT2D eigenvalue weighted by atomic mass is 16.5. The fraction of sp³-hybridized carbons (Fsp3) is 0.333. The number of hydrogen-bond donors (Lipinski definition) is 3. The van der Waals surface area contributed by atoms with Gasteiger partial charge in [-0.3, -0.25) is 4.79 Å². The molecule has 2 aromatic carbocycles. The summed E-state index contributed by atoms with van der Waals surface area (Å²) in [6, 6.07) is 19.6. The van der Waals surface area contributed by atoms with Crippen LogP contribution in [0.4, 0.5) is 5.69 Å². The Morgan fingerprint density at radius 2 is 1.74 bits per heavy atom. The lowest BCUT2D eigenvalue weighted by Gasteiger charge is -2.28. The van der Waals surface area contributed by atoms with Gasteiger partial charge in [-0.05, 0) is 36.8 Å². The molecule has 4 rings (SSSR count). The average molecular weight is 423 g/mol. The van der Waals surface area contributed by atoms with E-state index in [-0.39, 0.29) is 5.91 Å². The standard InChI is InChI=1S/C24H28N4O3/c1-19-15-22(26-31-19)16-27-11-13-28(14-12-27)17-24(29)25-21-7-9-23(10-8-21)30-18-20-5-3-2-4-6-20/h2-10,15H,11-14,16-18H2,1H3,(H,25,29)/p+2. The second-order valence-corrected chi connectivity index (χ2v) is 8.13. The van der Waals surface area contributed by atoms with Crippen LogP contribution in [0, 0.1) is 6.92 Å². The molecule has 0 aliphatic carbocycles. The lowest BCUT2D eigenvalue weighted by molar-refractivity contribution is -1.02. The zero-order valence-corrected chi connectivity index (χ0v) is 17.9. The molecule has 2 heterocycles. The lowest BCUT2D eigenvalue weighted by atomic mass is 10.2. The molecule has 0 unspecified atom stereocenters. The van der Waals surface area contributed by atoms with Gasteiger partial charge in [0, 0.05) is 11.8 Å². The van der Waals surface area contributed by atoms with Gasteiger partial charge in [0.2, 0.25) is 0 Å². The van der Waals surface area contributed by atoms with Gasteiger partial charge >= 0.3 is 0 Å². The molecule has 0 atom stereocenters. The van der Waals surface area contributed by atoms with Crippen LogP contribution in [0.2, 0.25) is 0 Å². The summed E-state index contributed by atoms with van der Waals surface area (Å²) in [6.07, 6.45) is 0. The quantitative estimate of drug-likeness (QED) is 0.494. The number of amides is 1. The summed E-state index contributed by atoms with van der Waals surface area (Å²) < 4.78 is 10.9. The Bertz CT molecular complexity index is 964. The molecule has 7 nitrogen and oxygen atoms in total. The zero-order chi connectivity index (χ0) is 21.5. The molecule has 1 amide bonds. The molecule has 0 saturated carbocycles. The smallest absolute Gasteiger partial charge is 0.279 e. The number of ether oxygens (including phenoxy) is 1. The predicted octanol–water partition coefficient (Wildman–Crippen LogP) is 0.484. The Labute approximate surface area is 182 Å². The van der Waals surface area contributed by atoms with Gasteiger partial charge in [0.25, 0.3) is 5.91 Å². The first-order chi connectivity index (χ1) is 15.1. The summed E-state index contributed by atoms with van der Waals surface area (Å²) in [6.45, 7) is 7.83. The van der Waals surface area contributed by atoms with Crippen LogP contribution in [-0.2, 0) is 17.9 Å². The van der Waals surface area contributed by atoms with E-state index < -0.39 is 0 Å². The Morgan fingerprint density at radius 1 is 1.03 bits per heavy atom. The van der Waals surface area contributed by atoms with Crippen molar-refractivity contribution in [2.24, 2.45) is 0 Å². The number of nitrogens with one attached hydrogen (secondary N) is 3. The summed E-state index contributed by atoms with van der Waals surface area (Å²) in [5.74, 6) is 1.68. The van der Waals surface area contributed by atoms with Crippen LogP contribution in [0.1, 0.15) is 17.0 Å². The first-order valence-corrected chi connectivity index (χ1v) is 10.8. The Kier molecular flexibility index (Phi) is 6.96. The van der Waals surface area contributed by atoms with Gasteiger partial charge in [-0.25, -0.2) is 0 Å². The van der Waals surface area contributed by atoms with Crippen molar-refractivity contribution in [1.82, 2.24) is 5.16 Å². The molecule has 162 valence electrons. The van der Waals surface area contributed by atoms with Gasteiger partial charge in [0.05, 0.1) is 0 Å². The van der Waals surface area contributed by atoms with Crippen molar-refractivity contribution in [2.75, 3.05) is 38.0 Å². The Balaban J connectivity index is 1.17. The van der Waals surface area contributed by atoms with Crippen LogP contribution in [-0.4, -0.2) is 43.8 Å². The number of nitrogens with zero attached hydrogens (tertiary/aromatic N) is 1. The largest absolute Gasteiger partial charge is 0.489 e. The summed E-state index contributed by atoms with van der Waals surface area (Å²) in [4.78, 5) is 15.3. The Hall–Kier alpha value is -3.16. The van der Waals surface area contributed by atoms with Crippen LogP contribution < -0.4 is 19.9 Å². The molecule has 1 aliphatic rings. The van der Waals surface area contributed by atoms with Crippen LogP contribution in [0.25, 0.3) is 0 Å². The van der Waals surface area contributed by atoms with E-state index in [0.717, 1.165) is 61.2 Å². The van der Waals surface area contributed by atoms with Gasteiger partial charge < -0.3 is 24.4 Å². The highest BCUT2D eigenvalue weighted by Crippen LogP contribution is 2.17. The van der Waals surface area contributed by atoms with E-state index in [1.165, 1.54) is 9.80 Å². The zero-order valence-electron chi connectivity index (χ0n) is 17.9. The van der Waals surface area contributed by atoms with E-state index >= 15 is 0 Å². The molecule has 1 aromatic heterocycles. The van der Waals surface area contributed by atoms with Crippen molar-refractivity contribution in [3.63, 3.8) is 0 Å². The van der Waals surface area contributed by atoms with Crippen LogP contribution in [0.15, 0.2) is 65.2 Å². The first kappa shape index (κ1) is 21.1. The molecule has 0 radical (unpaired) electrons. The molecule has 1 aliphatic heterocycles. The van der Waals surface area contributed by atoms with Gasteiger partial charge in [0.15, 0.2) is 6.54 Å². The molecule has 0 spiro atoms. The number of piperazine rings is 1. The molecular formula is C24H30N4O3+2. The highest BCUT2D eigenvalue weighted by Gasteiger charge is 2.25. The lowest BCUT2D eigenvalue weighted by Crippen LogP contribution is -3.28. The maximum Gasteiger partial charge on any atom is 0.279 e. The predicted molar refractivity (Wildman–Crippen MR) is 117 cm³/mol. The number of carbonyl (C=O) groups is 1. The average Bonchev–Trinajstić information content (AvgIpc) is 3.20. The van der Waals surface area contributed by atoms with Gasteiger partial charge in [-0.15, -0.1) is 0 Å². The number of benzene rings is 2. The van der Waals surface area contributed by atoms with Gasteiger partial charge in [-0.2, -0.15) is 0 Å². The highest BCUT2D eigenvalue weighted by molar-refractivity contribution is 5.91. The number of anilines is 1. The second kappa shape index (κ2) is 10.2. The number of quaternary nitrogens is 2. The van der Waals surface area contributed by atoms with Crippen LogP contribution in [0.5, 0.6) is 5.75 Å². The van der Waals surface area contributed by atoms with E-state index in [1.54, 1.807) is 0 Å². The number of rotatable bonds is 8. The fourth-order valence-corrected chi connectivity index (χ4v) is 3.88. The minimum atomic E-state index is 0.0449. The molecule has 7 heteroatoms. The maximum atomic E-state index is 12.5. The third kappa shape index (κ3) is 6.41. The number of aromatic nitrogens is 1. The minimum absolute atomic E-state index is 0.0449. The van der Waals surface area contributed by atoms with Gasteiger partial charge in [0.1, 0.15) is 56.5 Å². The molecule has 3 N–H and O–H groups in total. The van der Waals surface area contributed by atoms with Crippen molar-refractivity contribution in [1.29, 1.82) is 0 Å². The minimum Gasteiger partial charge on any atom is -0.489 e. The van der Waals surface area contributed by atoms with Crippen molar-refractivity contribution in [3.8, 4) is 5.75 Å². The normalized spacial score (nSPS) is 18.5. The van der Waals surface area contributed by atoms with Crippen molar-refractivity contribution < 1.29 is 23.9 Å². The monoisotopic (exact) mass is 422 g/mol. The van der Waals surface area contributed by atoms with Crippen molar-refractivity contribution in [3.05, 3.63) is 77.7 Å². The molecule has 1 saturated heterocycles. The topological polar surface area (TPSA) is 73.2 Å². The SMILES string of the molecule is Cc1cc(C[NH+]2CC[NH+](CC(=O)Nc3ccc(OCc4ccccc4)cc3)CC2)no1. The van der Waals surface area contributed by atoms with E-state index in [0.29, 0.717) is 13.2 Å². The molecule has 0 bridgehead atoms. The van der Waals surface area contributed by atoms with Gasteiger partial charge in [-0.1, -0.05) is 35.5 Å². The van der Waals surface area contributed by atoms with Crippen molar-refractivity contribution >= 4 is 11.6 Å². The number of aryl methyl sites for hydroxylation is 1. The number of hydrogen-bond acceptors (Lipinski definition) is 4. The summed E-state index contributed by atoms with van der Waals surface area (Å²) in [5.41, 5.74) is 2.92. The Morgan fingerprint density at radius 3 is 2.42 bits per heavy atom. The summed E-state index contributed by atoms with van der Waals surface area (Å²) in [5, 5.41) is 7.08. The number of carbonyl (C=O) groups excluding carboxylic acids is 1. The summed E-state index contributed by atoms with van der Waals surface area (Å²) >= 11 is 0. The molecule has 1 fully saturated rings. The van der Waals surface area contributed by atoms with Crippen molar-refractivity contribution in [2.45, 2.75) is 20.1 Å². The maximum absolute atomic E-state index is 12.5.